The van der Waals surface area contributed by atoms with Crippen LogP contribution in [0.15, 0.2) is 24.4 Å². The first-order valence-electron chi connectivity index (χ1n) is 9.04. The fraction of sp³-hybridized carbons (Fsp3) is 0.526. The van der Waals surface area contributed by atoms with Gasteiger partial charge in [0.15, 0.2) is 0 Å². The molecule has 1 N–H and O–H groups in total. The van der Waals surface area contributed by atoms with Crippen molar-refractivity contribution in [3.8, 4) is 0 Å². The van der Waals surface area contributed by atoms with Gasteiger partial charge in [0, 0.05) is 29.9 Å². The Morgan fingerprint density at radius 2 is 1.76 bits per heavy atom. The summed E-state index contributed by atoms with van der Waals surface area (Å²) in [7, 11) is 0. The summed E-state index contributed by atoms with van der Waals surface area (Å²) in [6.07, 6.45) is 3.60. The summed E-state index contributed by atoms with van der Waals surface area (Å²) in [4.78, 5) is 6.65. The molecule has 0 spiro atoms. The number of hydrogen-bond donors (Lipinski definition) is 1. The van der Waals surface area contributed by atoms with Crippen molar-refractivity contribution in [2.45, 2.75) is 50.7 Å². The molecule has 1 aliphatic carbocycles. The van der Waals surface area contributed by atoms with Gasteiger partial charge in [-0.15, -0.1) is 0 Å². The molecule has 0 unspecified atom stereocenters. The lowest BCUT2D eigenvalue weighted by Gasteiger charge is -2.23. The van der Waals surface area contributed by atoms with Gasteiger partial charge in [-0.1, -0.05) is 25.0 Å². The maximum Gasteiger partial charge on any atom is 0.417 e. The summed E-state index contributed by atoms with van der Waals surface area (Å²) in [5, 5.41) is 4.19. The van der Waals surface area contributed by atoms with Crippen molar-refractivity contribution in [2.75, 3.05) is 23.3 Å². The molecule has 134 valence electrons. The van der Waals surface area contributed by atoms with E-state index >= 15 is 0 Å². The standard InChI is InChI=1S/C19H22F3N3/c20-19(21,22)15-9-5-8-14-17(15)16(24-13-6-1-2-7-13)12-23-18(14)25-10-3-4-11-25/h5,8-9,12-13,24H,1-4,6-7,10-11H2. The van der Waals surface area contributed by atoms with Crippen LogP contribution >= 0.6 is 0 Å². The molecule has 3 nitrogen and oxygen atoms in total. The molecule has 2 heterocycles. The molecule has 0 bridgehead atoms. The third-order valence-electron chi connectivity index (χ3n) is 5.32. The molecule has 0 atom stereocenters. The molecule has 2 fully saturated rings. The smallest absolute Gasteiger partial charge is 0.381 e. The van der Waals surface area contributed by atoms with Gasteiger partial charge in [-0.05, 0) is 31.7 Å². The van der Waals surface area contributed by atoms with Crippen LogP contribution in [0.2, 0.25) is 0 Å². The largest absolute Gasteiger partial charge is 0.417 e. The average Bonchev–Trinajstić information content (AvgIpc) is 3.27. The maximum atomic E-state index is 13.7. The van der Waals surface area contributed by atoms with Crippen molar-refractivity contribution in [2.24, 2.45) is 0 Å². The first kappa shape index (κ1) is 16.5. The summed E-state index contributed by atoms with van der Waals surface area (Å²) >= 11 is 0. The highest BCUT2D eigenvalue weighted by Crippen LogP contribution is 2.41. The number of aromatic nitrogens is 1. The predicted octanol–water partition coefficient (Wildman–Crippen LogP) is 5.21. The van der Waals surface area contributed by atoms with Crippen molar-refractivity contribution >= 4 is 22.3 Å². The highest BCUT2D eigenvalue weighted by Gasteiger charge is 2.34. The van der Waals surface area contributed by atoms with E-state index in [2.05, 4.69) is 15.2 Å². The minimum absolute atomic E-state index is 0.240. The van der Waals surface area contributed by atoms with Crippen molar-refractivity contribution < 1.29 is 13.2 Å². The molecule has 25 heavy (non-hydrogen) atoms. The SMILES string of the molecule is FC(F)(F)c1cccc2c(N3CCCC3)ncc(NC3CCCC3)c12. The van der Waals surface area contributed by atoms with Crippen LogP contribution in [0.4, 0.5) is 24.7 Å². The van der Waals surface area contributed by atoms with Gasteiger partial charge < -0.3 is 10.2 Å². The Morgan fingerprint density at radius 3 is 2.44 bits per heavy atom. The number of alkyl halides is 3. The lowest BCUT2D eigenvalue weighted by atomic mass is 10.0. The van der Waals surface area contributed by atoms with E-state index in [-0.39, 0.29) is 11.4 Å². The molecule has 0 amide bonds. The zero-order valence-corrected chi connectivity index (χ0v) is 14.1. The Kier molecular flexibility index (Phi) is 4.21. The number of halogens is 3. The molecule has 4 rings (SSSR count). The van der Waals surface area contributed by atoms with E-state index in [1.165, 1.54) is 12.1 Å². The van der Waals surface area contributed by atoms with Gasteiger partial charge >= 0.3 is 6.18 Å². The van der Waals surface area contributed by atoms with E-state index in [1.807, 2.05) is 0 Å². The van der Waals surface area contributed by atoms with Crippen molar-refractivity contribution in [3.05, 3.63) is 30.0 Å². The fourth-order valence-electron chi connectivity index (χ4n) is 4.11. The van der Waals surface area contributed by atoms with Crippen molar-refractivity contribution in [3.63, 3.8) is 0 Å². The summed E-state index contributed by atoms with van der Waals surface area (Å²) < 4.78 is 41.0. The Balaban J connectivity index is 1.87. The van der Waals surface area contributed by atoms with Gasteiger partial charge in [-0.3, -0.25) is 0 Å². The normalized spacial score (nSPS) is 19.1. The second kappa shape index (κ2) is 6.39. The molecule has 0 radical (unpaired) electrons. The summed E-state index contributed by atoms with van der Waals surface area (Å²) in [6, 6.07) is 4.68. The monoisotopic (exact) mass is 349 g/mol. The minimum Gasteiger partial charge on any atom is -0.381 e. The van der Waals surface area contributed by atoms with E-state index in [1.54, 1.807) is 12.3 Å². The first-order chi connectivity index (χ1) is 12.0. The number of nitrogens with zero attached hydrogens (tertiary/aromatic N) is 2. The molecule has 2 aromatic rings. The van der Waals surface area contributed by atoms with Gasteiger partial charge in [-0.25, -0.2) is 4.98 Å². The van der Waals surface area contributed by atoms with Crippen molar-refractivity contribution in [1.29, 1.82) is 0 Å². The second-order valence-corrected chi connectivity index (χ2v) is 7.04. The molecule has 2 aliphatic rings. The summed E-state index contributed by atoms with van der Waals surface area (Å²) in [5.41, 5.74) is -0.0638. The molecular weight excluding hydrogens is 327 g/mol. The Labute approximate surface area is 145 Å². The molecule has 1 aromatic heterocycles. The van der Waals surface area contributed by atoms with E-state index in [9.17, 15) is 13.2 Å². The maximum absolute atomic E-state index is 13.7. The fourth-order valence-corrected chi connectivity index (χ4v) is 4.11. The highest BCUT2D eigenvalue weighted by atomic mass is 19.4. The zero-order valence-electron chi connectivity index (χ0n) is 14.1. The number of pyridine rings is 1. The van der Waals surface area contributed by atoms with Crippen LogP contribution < -0.4 is 10.2 Å². The van der Waals surface area contributed by atoms with Gasteiger partial charge in [-0.2, -0.15) is 13.2 Å². The van der Waals surface area contributed by atoms with Gasteiger partial charge in [0.05, 0.1) is 17.4 Å². The Morgan fingerprint density at radius 1 is 1.04 bits per heavy atom. The molecular formula is C19H22F3N3. The lowest BCUT2D eigenvalue weighted by Crippen LogP contribution is -2.21. The molecule has 1 aromatic carbocycles. The predicted molar refractivity (Wildman–Crippen MR) is 94.1 cm³/mol. The van der Waals surface area contributed by atoms with Crippen LogP contribution in [0.5, 0.6) is 0 Å². The van der Waals surface area contributed by atoms with Gasteiger partial charge in [0.1, 0.15) is 5.82 Å². The van der Waals surface area contributed by atoms with Gasteiger partial charge in [0.25, 0.3) is 0 Å². The summed E-state index contributed by atoms with van der Waals surface area (Å²) in [6.45, 7) is 1.71. The van der Waals surface area contributed by atoms with Crippen LogP contribution in [0, 0.1) is 0 Å². The zero-order chi connectivity index (χ0) is 17.4. The highest BCUT2D eigenvalue weighted by molar-refractivity contribution is 6.02. The Hall–Kier alpha value is -1.98. The average molecular weight is 349 g/mol. The number of fused-ring (bicyclic) bond motifs is 1. The number of benzene rings is 1. The quantitative estimate of drug-likeness (QED) is 0.825. The van der Waals surface area contributed by atoms with Crippen LogP contribution in [-0.2, 0) is 6.18 Å². The van der Waals surface area contributed by atoms with E-state index in [0.717, 1.165) is 51.6 Å². The van der Waals surface area contributed by atoms with Crippen LogP contribution in [-0.4, -0.2) is 24.1 Å². The van der Waals surface area contributed by atoms with Crippen molar-refractivity contribution in [1.82, 2.24) is 4.98 Å². The first-order valence-corrected chi connectivity index (χ1v) is 9.04. The lowest BCUT2D eigenvalue weighted by molar-refractivity contribution is -0.136. The third-order valence-corrected chi connectivity index (χ3v) is 5.32. The number of nitrogens with one attached hydrogen (secondary N) is 1. The molecule has 1 aliphatic heterocycles. The van der Waals surface area contributed by atoms with E-state index in [0.29, 0.717) is 16.9 Å². The number of anilines is 2. The Bertz CT molecular complexity index is 760. The van der Waals surface area contributed by atoms with E-state index in [4.69, 9.17) is 0 Å². The van der Waals surface area contributed by atoms with Gasteiger partial charge in [0.2, 0.25) is 0 Å². The van der Waals surface area contributed by atoms with Crippen LogP contribution in [0.3, 0.4) is 0 Å². The summed E-state index contributed by atoms with van der Waals surface area (Å²) in [5.74, 6) is 0.676. The third kappa shape index (κ3) is 3.14. The molecule has 1 saturated carbocycles. The molecule has 6 heteroatoms. The second-order valence-electron chi connectivity index (χ2n) is 7.04. The minimum atomic E-state index is -4.38. The topological polar surface area (TPSA) is 28.2 Å². The van der Waals surface area contributed by atoms with Crippen LogP contribution in [0.1, 0.15) is 44.1 Å². The van der Waals surface area contributed by atoms with E-state index < -0.39 is 11.7 Å². The molecule has 1 saturated heterocycles. The van der Waals surface area contributed by atoms with Crippen LogP contribution in [0.25, 0.3) is 10.8 Å². The number of rotatable bonds is 3. The number of hydrogen-bond acceptors (Lipinski definition) is 3.